The molecule has 1 fully saturated rings. The molecule has 0 bridgehead atoms. The number of ether oxygens (including phenoxy) is 1. The highest BCUT2D eigenvalue weighted by Crippen LogP contribution is 2.40. The molecular formula is C12H16N4O6P+. The zero-order chi connectivity index (χ0) is 16.7. The molecule has 0 radical (unpaired) electrons. The minimum absolute atomic E-state index is 0.270. The Kier molecular flexibility index (Phi) is 4.26. The second-order valence-electron chi connectivity index (χ2n) is 5.39. The van der Waals surface area contributed by atoms with Gasteiger partial charge in [0.05, 0.1) is 18.9 Å². The summed E-state index contributed by atoms with van der Waals surface area (Å²) in [5.41, 5.74) is -0.0574. The highest BCUT2D eigenvalue weighted by Gasteiger charge is 2.49. The molecule has 0 aliphatic carbocycles. The summed E-state index contributed by atoms with van der Waals surface area (Å²) in [6, 6.07) is 0. The summed E-state index contributed by atoms with van der Waals surface area (Å²) in [4.78, 5) is 27.8. The van der Waals surface area contributed by atoms with Gasteiger partial charge in [0.25, 0.3) is 5.56 Å². The van der Waals surface area contributed by atoms with Crippen LogP contribution in [0.4, 0.5) is 0 Å². The zero-order valence-electron chi connectivity index (χ0n) is 12.4. The lowest BCUT2D eigenvalue weighted by molar-refractivity contribution is -0.0510. The van der Waals surface area contributed by atoms with Crippen molar-refractivity contribution in [1.29, 1.82) is 0 Å². The Morgan fingerprint density at radius 1 is 1.57 bits per heavy atom. The van der Waals surface area contributed by atoms with Crippen LogP contribution in [-0.4, -0.2) is 48.6 Å². The van der Waals surface area contributed by atoms with Crippen LogP contribution >= 0.6 is 8.25 Å². The van der Waals surface area contributed by atoms with Crippen LogP contribution in [0, 0.1) is 12.8 Å². The van der Waals surface area contributed by atoms with Gasteiger partial charge in [0, 0.05) is 10.5 Å². The minimum atomic E-state index is -2.86. The van der Waals surface area contributed by atoms with Gasteiger partial charge in [-0.15, -0.1) is 9.42 Å². The Balaban J connectivity index is 2.08. The maximum Gasteiger partial charge on any atom is 0.695 e. The van der Waals surface area contributed by atoms with Crippen LogP contribution in [0.2, 0.25) is 0 Å². The molecule has 3 rings (SSSR count). The van der Waals surface area contributed by atoms with Gasteiger partial charge in [-0.05, 0) is 6.92 Å². The van der Waals surface area contributed by atoms with Crippen molar-refractivity contribution in [1.82, 2.24) is 19.7 Å². The fourth-order valence-corrected chi connectivity index (χ4v) is 3.25. The monoisotopic (exact) mass is 343 g/mol. The molecule has 0 spiro atoms. The average molecular weight is 343 g/mol. The SMILES string of the molecule is Cc1nc2c(cnn2[C@@H]2O[C@H](CO)C(C)[C@@H]2O[P+](=O)O)c(=O)[nH]1. The summed E-state index contributed by atoms with van der Waals surface area (Å²) in [7, 11) is -2.86. The van der Waals surface area contributed by atoms with E-state index in [4.69, 9.17) is 14.2 Å². The predicted molar refractivity (Wildman–Crippen MR) is 77.7 cm³/mol. The van der Waals surface area contributed by atoms with Gasteiger partial charge in [-0.1, -0.05) is 6.92 Å². The number of hydrogen-bond donors (Lipinski definition) is 3. The average Bonchev–Trinajstić information content (AvgIpc) is 3.01. The molecule has 0 amide bonds. The second-order valence-corrected chi connectivity index (χ2v) is 6.08. The van der Waals surface area contributed by atoms with Gasteiger partial charge in [0.1, 0.15) is 11.2 Å². The van der Waals surface area contributed by atoms with Crippen molar-refractivity contribution in [2.24, 2.45) is 5.92 Å². The molecule has 23 heavy (non-hydrogen) atoms. The van der Waals surface area contributed by atoms with Crippen LogP contribution < -0.4 is 5.56 Å². The summed E-state index contributed by atoms with van der Waals surface area (Å²) in [5.74, 6) is 0.0538. The van der Waals surface area contributed by atoms with Crippen molar-refractivity contribution in [3.05, 3.63) is 22.4 Å². The van der Waals surface area contributed by atoms with Gasteiger partial charge in [-0.3, -0.25) is 4.79 Å². The van der Waals surface area contributed by atoms with Crippen LogP contribution in [0.3, 0.4) is 0 Å². The van der Waals surface area contributed by atoms with Gasteiger partial charge < -0.3 is 14.8 Å². The van der Waals surface area contributed by atoms with E-state index >= 15 is 0 Å². The van der Waals surface area contributed by atoms with Gasteiger partial charge in [0.2, 0.25) is 0 Å². The third kappa shape index (κ3) is 2.79. The van der Waals surface area contributed by atoms with E-state index in [0.717, 1.165) is 0 Å². The smallest absolute Gasteiger partial charge is 0.394 e. The van der Waals surface area contributed by atoms with Crippen LogP contribution in [-0.2, 0) is 13.8 Å². The summed E-state index contributed by atoms with van der Waals surface area (Å²) in [6.07, 6.45) is -0.927. The number of aliphatic hydroxyl groups excluding tert-OH is 1. The lowest BCUT2D eigenvalue weighted by Gasteiger charge is -2.16. The molecule has 0 aromatic carbocycles. The Bertz CT molecular complexity index is 804. The van der Waals surface area contributed by atoms with Crippen molar-refractivity contribution < 1.29 is 23.8 Å². The zero-order valence-corrected chi connectivity index (χ0v) is 13.3. The number of rotatable bonds is 4. The Labute approximate surface area is 131 Å². The number of aliphatic hydroxyl groups is 1. The molecule has 2 aromatic rings. The Hall–Kier alpha value is -1.71. The highest BCUT2D eigenvalue weighted by atomic mass is 31.1. The van der Waals surface area contributed by atoms with Crippen molar-refractivity contribution in [3.63, 3.8) is 0 Å². The molecule has 0 saturated carbocycles. The van der Waals surface area contributed by atoms with E-state index in [1.165, 1.54) is 10.9 Å². The van der Waals surface area contributed by atoms with E-state index in [9.17, 15) is 14.5 Å². The lowest BCUT2D eigenvalue weighted by Crippen LogP contribution is -2.27. The van der Waals surface area contributed by atoms with Crippen molar-refractivity contribution in [3.8, 4) is 0 Å². The van der Waals surface area contributed by atoms with E-state index < -0.39 is 26.7 Å². The lowest BCUT2D eigenvalue weighted by atomic mass is 10.0. The van der Waals surface area contributed by atoms with Crippen LogP contribution in [0.5, 0.6) is 0 Å². The quantitative estimate of drug-likeness (QED) is 0.659. The molecular weight excluding hydrogens is 327 g/mol. The molecule has 5 atom stereocenters. The number of fused-ring (bicyclic) bond motifs is 1. The van der Waals surface area contributed by atoms with E-state index in [1.807, 2.05) is 0 Å². The standard InChI is InChI=1S/C12H15N4O6P/c1-5-8(4-17)21-12(9(5)22-23(19)20)16-10-7(3-13-16)11(18)15-6(2)14-10/h3,5,8-9,12,17H,4H2,1-2H3,(H-,13,14,15,18,19,20)/p+1/t5?,8-,9+,12-/m1/s1. The number of aromatic amines is 1. The van der Waals surface area contributed by atoms with Crippen LogP contribution in [0.1, 0.15) is 19.0 Å². The minimum Gasteiger partial charge on any atom is -0.394 e. The number of hydrogen-bond acceptors (Lipinski definition) is 7. The van der Waals surface area contributed by atoms with Gasteiger partial charge in [-0.2, -0.15) is 5.10 Å². The first-order valence-corrected chi connectivity index (χ1v) is 8.08. The van der Waals surface area contributed by atoms with Gasteiger partial charge in [0.15, 0.2) is 18.0 Å². The summed E-state index contributed by atoms with van der Waals surface area (Å²) in [6.45, 7) is 3.10. The third-order valence-corrected chi connectivity index (χ3v) is 4.34. The van der Waals surface area contributed by atoms with Gasteiger partial charge >= 0.3 is 8.25 Å². The molecule has 11 heteroatoms. The second kappa shape index (κ2) is 6.06. The normalized spacial score (nSPS) is 28.4. The Morgan fingerprint density at radius 3 is 2.96 bits per heavy atom. The first-order valence-electron chi connectivity index (χ1n) is 6.95. The van der Waals surface area contributed by atoms with E-state index in [-0.39, 0.29) is 29.1 Å². The number of H-pyrrole nitrogens is 1. The van der Waals surface area contributed by atoms with Crippen LogP contribution in [0.25, 0.3) is 11.0 Å². The molecule has 10 nitrogen and oxygen atoms in total. The third-order valence-electron chi connectivity index (χ3n) is 3.91. The largest absolute Gasteiger partial charge is 0.695 e. The molecule has 1 saturated heterocycles. The molecule has 2 unspecified atom stereocenters. The number of nitrogens with zero attached hydrogens (tertiary/aromatic N) is 3. The first kappa shape index (κ1) is 16.2. The molecule has 1 aliphatic rings. The molecule has 124 valence electrons. The fourth-order valence-electron chi connectivity index (χ4n) is 2.74. The van der Waals surface area contributed by atoms with Crippen molar-refractivity contribution >= 4 is 19.3 Å². The summed E-state index contributed by atoms with van der Waals surface area (Å²) in [5, 5.41) is 13.8. The topological polar surface area (TPSA) is 140 Å². The first-order chi connectivity index (χ1) is 10.9. The predicted octanol–water partition coefficient (Wildman–Crippen LogP) is -0.0113. The highest BCUT2D eigenvalue weighted by molar-refractivity contribution is 7.32. The number of aromatic nitrogens is 4. The maximum atomic E-state index is 11.9. The number of nitrogens with one attached hydrogen (secondary N) is 1. The van der Waals surface area contributed by atoms with Crippen LogP contribution in [0.15, 0.2) is 11.0 Å². The number of aryl methyl sites for hydroxylation is 1. The van der Waals surface area contributed by atoms with E-state index in [2.05, 4.69) is 15.1 Å². The fraction of sp³-hybridized carbons (Fsp3) is 0.583. The van der Waals surface area contributed by atoms with E-state index in [0.29, 0.717) is 5.82 Å². The molecule has 3 N–H and O–H groups in total. The Morgan fingerprint density at radius 2 is 2.30 bits per heavy atom. The molecule has 2 aromatic heterocycles. The summed E-state index contributed by atoms with van der Waals surface area (Å²) < 4.78 is 23.2. The molecule has 1 aliphatic heterocycles. The van der Waals surface area contributed by atoms with Crippen molar-refractivity contribution in [2.75, 3.05) is 6.61 Å². The summed E-state index contributed by atoms with van der Waals surface area (Å²) >= 11 is 0. The van der Waals surface area contributed by atoms with E-state index in [1.54, 1.807) is 13.8 Å². The van der Waals surface area contributed by atoms with Gasteiger partial charge in [-0.25, -0.2) is 9.67 Å². The van der Waals surface area contributed by atoms with Crippen molar-refractivity contribution in [2.45, 2.75) is 32.3 Å². The maximum absolute atomic E-state index is 11.9. The molecule has 3 heterocycles.